The van der Waals surface area contributed by atoms with E-state index >= 15 is 0 Å². The van der Waals surface area contributed by atoms with E-state index in [1.54, 1.807) is 30.2 Å². The van der Waals surface area contributed by atoms with Gasteiger partial charge >= 0.3 is 0 Å². The third-order valence-electron chi connectivity index (χ3n) is 6.13. The fourth-order valence-electron chi connectivity index (χ4n) is 3.81. The number of benzene rings is 1. The van der Waals surface area contributed by atoms with E-state index < -0.39 is 24.0 Å². The van der Waals surface area contributed by atoms with Gasteiger partial charge in [-0.15, -0.1) is 0 Å². The summed E-state index contributed by atoms with van der Waals surface area (Å²) < 4.78 is 30.1. The smallest absolute Gasteiger partial charge is 0.142 e. The molecule has 2 N–H and O–H groups in total. The molecule has 0 aliphatic rings. The summed E-state index contributed by atoms with van der Waals surface area (Å²) in [6.07, 6.45) is 8.21. The van der Waals surface area contributed by atoms with Crippen LogP contribution in [0.3, 0.4) is 0 Å². The summed E-state index contributed by atoms with van der Waals surface area (Å²) in [5, 5.41) is 15.3. The Bertz CT molecular complexity index is 1280. The monoisotopic (exact) mass is 492 g/mol. The Morgan fingerprint density at radius 3 is 2.76 bits per heavy atom. The predicted octanol–water partition coefficient (Wildman–Crippen LogP) is 6.52. The number of nitrogens with one attached hydrogen (secondary N) is 1. The molecule has 4 aromatic rings. The fraction of sp³-hybridized carbons (Fsp3) is 0.333. The quantitative estimate of drug-likeness (QED) is 0.275. The number of pyridine rings is 1. The summed E-state index contributed by atoms with van der Waals surface area (Å²) in [6, 6.07) is 4.43. The molecule has 0 saturated heterocycles. The van der Waals surface area contributed by atoms with Crippen molar-refractivity contribution in [2.24, 2.45) is 0 Å². The van der Waals surface area contributed by atoms with Crippen LogP contribution in [0.1, 0.15) is 43.7 Å². The molecule has 2 atom stereocenters. The predicted molar refractivity (Wildman–Crippen MR) is 127 cm³/mol. The molecule has 0 saturated carbocycles. The lowest BCUT2D eigenvalue weighted by molar-refractivity contribution is 0.0416. The molecule has 33 heavy (non-hydrogen) atoms. The zero-order valence-electron chi connectivity index (χ0n) is 18.2. The van der Waals surface area contributed by atoms with E-state index in [0.717, 1.165) is 17.2 Å². The molecule has 0 amide bonds. The molecule has 174 valence electrons. The zero-order chi connectivity index (χ0) is 23.8. The van der Waals surface area contributed by atoms with Crippen molar-refractivity contribution in [2.75, 3.05) is 6.67 Å². The number of hydrogen-bond donors (Lipinski definition) is 2. The van der Waals surface area contributed by atoms with Crippen LogP contribution in [-0.4, -0.2) is 37.1 Å². The number of halogens is 4. The van der Waals surface area contributed by atoms with Crippen molar-refractivity contribution in [1.29, 1.82) is 0 Å². The van der Waals surface area contributed by atoms with Gasteiger partial charge in [-0.1, -0.05) is 30.1 Å². The Labute approximate surface area is 200 Å². The van der Waals surface area contributed by atoms with E-state index in [4.69, 9.17) is 23.2 Å². The molecule has 3 aromatic heterocycles. The minimum Gasteiger partial charge on any atom is -0.390 e. The van der Waals surface area contributed by atoms with Gasteiger partial charge in [0, 0.05) is 58.2 Å². The molecule has 5 nitrogen and oxygen atoms in total. The minimum atomic E-state index is -0.856. The van der Waals surface area contributed by atoms with Gasteiger partial charge in [0.05, 0.1) is 16.8 Å². The van der Waals surface area contributed by atoms with Gasteiger partial charge in [-0.25, -0.2) is 9.37 Å². The van der Waals surface area contributed by atoms with Gasteiger partial charge in [0.15, 0.2) is 0 Å². The van der Waals surface area contributed by atoms with Gasteiger partial charge in [0.1, 0.15) is 18.1 Å². The molecule has 1 aromatic carbocycles. The van der Waals surface area contributed by atoms with Crippen LogP contribution in [0.5, 0.6) is 0 Å². The summed E-state index contributed by atoms with van der Waals surface area (Å²) in [4.78, 5) is 7.51. The molecule has 0 aliphatic heterocycles. The number of rotatable bonds is 8. The maximum absolute atomic E-state index is 14.3. The second-order valence-electron chi connectivity index (χ2n) is 8.42. The van der Waals surface area contributed by atoms with E-state index in [2.05, 4.69) is 15.1 Å². The average molecular weight is 493 g/mol. The molecule has 0 spiro atoms. The number of aryl methyl sites for hydroxylation is 1. The second kappa shape index (κ2) is 9.41. The van der Waals surface area contributed by atoms with Crippen molar-refractivity contribution in [3.8, 4) is 11.1 Å². The molecule has 3 heterocycles. The van der Waals surface area contributed by atoms with E-state index in [9.17, 15) is 13.9 Å². The zero-order valence-corrected chi connectivity index (χ0v) is 19.8. The van der Waals surface area contributed by atoms with Crippen molar-refractivity contribution in [1.82, 2.24) is 19.7 Å². The highest BCUT2D eigenvalue weighted by Crippen LogP contribution is 2.40. The second-order valence-corrected chi connectivity index (χ2v) is 9.21. The first-order chi connectivity index (χ1) is 15.7. The Kier molecular flexibility index (Phi) is 6.75. The largest absolute Gasteiger partial charge is 0.390 e. The summed E-state index contributed by atoms with van der Waals surface area (Å²) in [6.45, 7) is 3.52. The molecule has 0 fully saturated rings. The van der Waals surface area contributed by atoms with Crippen molar-refractivity contribution in [3.05, 3.63) is 70.0 Å². The number of fused-ring (bicyclic) bond motifs is 1. The van der Waals surface area contributed by atoms with Crippen LogP contribution in [-0.2, 0) is 6.54 Å². The number of nitrogens with zero attached hydrogens (tertiary/aromatic N) is 3. The number of hydrogen-bond acceptors (Lipinski definition) is 3. The van der Waals surface area contributed by atoms with Gasteiger partial charge < -0.3 is 10.1 Å². The van der Waals surface area contributed by atoms with Crippen molar-refractivity contribution >= 4 is 34.2 Å². The summed E-state index contributed by atoms with van der Waals surface area (Å²) in [5.74, 6) is -1.51. The van der Waals surface area contributed by atoms with Gasteiger partial charge in [-0.2, -0.15) is 5.10 Å². The summed E-state index contributed by atoms with van der Waals surface area (Å²) in [7, 11) is 0. The SMILES string of the molecule is CC[C@](C)(O)CCn1cc(-c2cnc3[nH]cc([C@H](CF)c4c(Cl)ccc(F)c4Cl)c3c2)cn1. The minimum absolute atomic E-state index is 0.187. The molecule has 9 heteroatoms. The Balaban J connectivity index is 1.70. The topological polar surface area (TPSA) is 66.7 Å². The first-order valence-corrected chi connectivity index (χ1v) is 11.4. The Morgan fingerprint density at radius 2 is 2.03 bits per heavy atom. The van der Waals surface area contributed by atoms with Crippen LogP contribution >= 0.6 is 23.2 Å². The number of alkyl halides is 1. The fourth-order valence-corrected chi connectivity index (χ4v) is 4.45. The molecular weight excluding hydrogens is 469 g/mol. The third-order valence-corrected chi connectivity index (χ3v) is 6.84. The maximum atomic E-state index is 14.3. The summed E-state index contributed by atoms with van der Waals surface area (Å²) in [5.41, 5.74) is 2.26. The summed E-state index contributed by atoms with van der Waals surface area (Å²) >= 11 is 12.4. The first kappa shape index (κ1) is 23.7. The van der Waals surface area contributed by atoms with Crippen molar-refractivity contribution in [2.45, 2.75) is 44.8 Å². The molecule has 0 aliphatic carbocycles. The maximum Gasteiger partial charge on any atom is 0.142 e. The number of aromatic nitrogens is 4. The number of H-pyrrole nitrogens is 1. The van der Waals surface area contributed by atoms with E-state index in [0.29, 0.717) is 36.0 Å². The van der Waals surface area contributed by atoms with Crippen LogP contribution in [0.15, 0.2) is 43.0 Å². The lowest BCUT2D eigenvalue weighted by atomic mass is 9.91. The molecule has 0 bridgehead atoms. The highest BCUT2D eigenvalue weighted by molar-refractivity contribution is 6.36. The molecule has 0 unspecified atom stereocenters. The van der Waals surface area contributed by atoms with Gasteiger partial charge in [-0.05, 0) is 43.5 Å². The lowest BCUT2D eigenvalue weighted by Gasteiger charge is -2.20. The van der Waals surface area contributed by atoms with Crippen LogP contribution in [0.2, 0.25) is 10.0 Å². The molecule has 4 rings (SSSR count). The number of aliphatic hydroxyl groups is 1. The standard InChI is InChI=1S/C24H24Cl2F2N4O/c1-3-24(2,33)6-7-32-13-15(11-31-32)14-8-16-18(12-30-23(16)29-10-14)17(9-27)21-19(25)4-5-20(28)22(21)26/h4-5,8,10-13,17,33H,3,6-7,9H2,1-2H3,(H,29,30)/t17-,24-/m0/s1. The first-order valence-electron chi connectivity index (χ1n) is 10.7. The number of aromatic amines is 1. The van der Waals surface area contributed by atoms with Crippen LogP contribution < -0.4 is 0 Å². The van der Waals surface area contributed by atoms with E-state index in [1.165, 1.54) is 6.07 Å². The van der Waals surface area contributed by atoms with Gasteiger partial charge in [-0.3, -0.25) is 9.07 Å². The van der Waals surface area contributed by atoms with E-state index in [1.807, 2.05) is 19.2 Å². The Hall–Kier alpha value is -2.48. The highest BCUT2D eigenvalue weighted by atomic mass is 35.5. The van der Waals surface area contributed by atoms with Crippen LogP contribution in [0, 0.1) is 5.82 Å². The molecule has 0 radical (unpaired) electrons. The van der Waals surface area contributed by atoms with Crippen LogP contribution in [0.4, 0.5) is 8.78 Å². The van der Waals surface area contributed by atoms with Crippen LogP contribution in [0.25, 0.3) is 22.2 Å². The van der Waals surface area contributed by atoms with Crippen molar-refractivity contribution < 1.29 is 13.9 Å². The normalized spacial score (nSPS) is 14.5. The molecular formula is C24H24Cl2F2N4O. The third kappa shape index (κ3) is 4.76. The highest BCUT2D eigenvalue weighted by Gasteiger charge is 2.25. The average Bonchev–Trinajstić information content (AvgIpc) is 3.45. The Morgan fingerprint density at radius 1 is 1.24 bits per heavy atom. The lowest BCUT2D eigenvalue weighted by Crippen LogP contribution is -2.24. The van der Waals surface area contributed by atoms with Gasteiger partial charge in [0.2, 0.25) is 0 Å². The van der Waals surface area contributed by atoms with E-state index in [-0.39, 0.29) is 15.6 Å². The van der Waals surface area contributed by atoms with Crippen molar-refractivity contribution in [3.63, 3.8) is 0 Å². The van der Waals surface area contributed by atoms with Gasteiger partial charge in [0.25, 0.3) is 0 Å².